The van der Waals surface area contributed by atoms with Crippen molar-refractivity contribution < 1.29 is 4.39 Å². The van der Waals surface area contributed by atoms with Gasteiger partial charge in [-0.05, 0) is 42.5 Å². The van der Waals surface area contributed by atoms with Crippen molar-refractivity contribution in [1.29, 1.82) is 5.26 Å². The highest BCUT2D eigenvalue weighted by Gasteiger charge is 2.18. The van der Waals surface area contributed by atoms with Crippen LogP contribution in [0.25, 0.3) is 0 Å². The number of rotatable bonds is 1. The van der Waals surface area contributed by atoms with Crippen LogP contribution >= 0.6 is 0 Å². The Morgan fingerprint density at radius 1 is 1.53 bits per heavy atom. The van der Waals surface area contributed by atoms with Gasteiger partial charge < -0.3 is 5.32 Å². The van der Waals surface area contributed by atoms with E-state index >= 15 is 0 Å². The molecule has 0 fully saturated rings. The van der Waals surface area contributed by atoms with E-state index in [1.165, 1.54) is 6.07 Å². The van der Waals surface area contributed by atoms with Crippen LogP contribution in [0.4, 0.5) is 10.1 Å². The summed E-state index contributed by atoms with van der Waals surface area (Å²) in [5, 5.41) is 12.0. The molecule has 1 aliphatic rings. The van der Waals surface area contributed by atoms with Crippen molar-refractivity contribution in [1.82, 2.24) is 0 Å². The Bertz CT molecular complexity index is 395. The van der Waals surface area contributed by atoms with Crippen LogP contribution in [-0.4, -0.2) is 6.54 Å². The molecule has 2 rings (SSSR count). The Balaban J connectivity index is 2.38. The van der Waals surface area contributed by atoms with E-state index in [0.717, 1.165) is 30.6 Å². The molecule has 1 heterocycles. The van der Waals surface area contributed by atoms with Gasteiger partial charge in [0, 0.05) is 18.7 Å². The second-order valence-corrected chi connectivity index (χ2v) is 3.86. The Hall–Kier alpha value is -1.56. The third kappa shape index (κ3) is 2.10. The highest BCUT2D eigenvalue weighted by atomic mass is 19.1. The summed E-state index contributed by atoms with van der Waals surface area (Å²) in [4.78, 5) is 0. The third-order valence-electron chi connectivity index (χ3n) is 2.84. The molecule has 1 unspecified atom stereocenters. The average Bonchev–Trinajstić information content (AvgIpc) is 2.42. The predicted octanol–water partition coefficient (Wildman–Crippen LogP) is 3.03. The van der Waals surface area contributed by atoms with E-state index in [-0.39, 0.29) is 11.7 Å². The summed E-state index contributed by atoms with van der Waals surface area (Å²) in [6.07, 6.45) is 2.46. The quantitative estimate of drug-likeness (QED) is 0.763. The molecule has 1 atom stereocenters. The predicted molar refractivity (Wildman–Crippen MR) is 57.1 cm³/mol. The molecule has 0 saturated carbocycles. The number of benzene rings is 1. The number of nitrogens with zero attached hydrogens (tertiary/aromatic N) is 1. The fourth-order valence-electron chi connectivity index (χ4n) is 2.08. The lowest BCUT2D eigenvalue weighted by Gasteiger charge is -2.13. The first-order valence-corrected chi connectivity index (χ1v) is 5.21. The summed E-state index contributed by atoms with van der Waals surface area (Å²) in [6.45, 7) is 0.903. The maximum atomic E-state index is 13.1. The standard InChI is InChI=1S/C12H13FN2/c13-10-3-4-12-11(8-10)9(5-6-14)2-1-7-15-12/h3-4,8-9,15H,1-2,5,7H2. The van der Waals surface area contributed by atoms with E-state index in [1.807, 2.05) is 0 Å². The first-order valence-electron chi connectivity index (χ1n) is 5.21. The van der Waals surface area contributed by atoms with E-state index in [0.29, 0.717) is 6.42 Å². The molecule has 0 aliphatic carbocycles. The van der Waals surface area contributed by atoms with Crippen molar-refractivity contribution in [3.63, 3.8) is 0 Å². The van der Waals surface area contributed by atoms with Crippen LogP contribution in [0, 0.1) is 17.1 Å². The SMILES string of the molecule is N#CCC1CCCNc2ccc(F)cc21. The summed E-state index contributed by atoms with van der Waals surface area (Å²) in [7, 11) is 0. The molecule has 0 saturated heterocycles. The first-order chi connectivity index (χ1) is 7.31. The highest BCUT2D eigenvalue weighted by molar-refractivity contribution is 5.54. The molecule has 1 N–H and O–H groups in total. The maximum absolute atomic E-state index is 13.1. The van der Waals surface area contributed by atoms with E-state index in [1.54, 1.807) is 12.1 Å². The average molecular weight is 204 g/mol. The van der Waals surface area contributed by atoms with Gasteiger partial charge in [0.15, 0.2) is 0 Å². The lowest BCUT2D eigenvalue weighted by molar-refractivity contribution is 0.605. The topological polar surface area (TPSA) is 35.8 Å². The highest BCUT2D eigenvalue weighted by Crippen LogP contribution is 2.33. The zero-order chi connectivity index (χ0) is 10.7. The largest absolute Gasteiger partial charge is 0.385 e. The molecule has 2 nitrogen and oxygen atoms in total. The minimum atomic E-state index is -0.222. The molecular weight excluding hydrogens is 191 g/mol. The number of anilines is 1. The van der Waals surface area contributed by atoms with E-state index < -0.39 is 0 Å². The minimum Gasteiger partial charge on any atom is -0.385 e. The fourth-order valence-corrected chi connectivity index (χ4v) is 2.08. The van der Waals surface area contributed by atoms with Crippen LogP contribution in [0.3, 0.4) is 0 Å². The molecular formula is C12H13FN2. The van der Waals surface area contributed by atoms with Gasteiger partial charge >= 0.3 is 0 Å². The zero-order valence-corrected chi connectivity index (χ0v) is 8.46. The van der Waals surface area contributed by atoms with Gasteiger partial charge in [0.2, 0.25) is 0 Å². The van der Waals surface area contributed by atoms with Gasteiger partial charge in [-0.15, -0.1) is 0 Å². The summed E-state index contributed by atoms with van der Waals surface area (Å²) < 4.78 is 13.1. The number of hydrogen-bond donors (Lipinski definition) is 1. The van der Waals surface area contributed by atoms with Gasteiger partial charge in [0.05, 0.1) is 6.07 Å². The van der Waals surface area contributed by atoms with E-state index in [4.69, 9.17) is 5.26 Å². The molecule has 0 spiro atoms. The van der Waals surface area contributed by atoms with Gasteiger partial charge in [-0.2, -0.15) is 5.26 Å². The third-order valence-corrected chi connectivity index (χ3v) is 2.84. The second-order valence-electron chi connectivity index (χ2n) is 3.86. The summed E-state index contributed by atoms with van der Waals surface area (Å²) >= 11 is 0. The van der Waals surface area contributed by atoms with Crippen LogP contribution in [0.15, 0.2) is 18.2 Å². The van der Waals surface area contributed by atoms with Crippen LogP contribution in [0.2, 0.25) is 0 Å². The second kappa shape index (κ2) is 4.31. The van der Waals surface area contributed by atoms with Crippen LogP contribution in [-0.2, 0) is 0 Å². The van der Waals surface area contributed by atoms with Crippen molar-refractivity contribution in [3.8, 4) is 6.07 Å². The lowest BCUT2D eigenvalue weighted by Crippen LogP contribution is -2.00. The number of nitriles is 1. The smallest absolute Gasteiger partial charge is 0.123 e. The minimum absolute atomic E-state index is 0.177. The van der Waals surface area contributed by atoms with Crippen molar-refractivity contribution in [3.05, 3.63) is 29.6 Å². The van der Waals surface area contributed by atoms with Gasteiger partial charge in [0.1, 0.15) is 5.82 Å². The Morgan fingerprint density at radius 2 is 2.40 bits per heavy atom. The molecule has 3 heteroatoms. The number of hydrogen-bond acceptors (Lipinski definition) is 2. The van der Waals surface area contributed by atoms with E-state index in [9.17, 15) is 4.39 Å². The van der Waals surface area contributed by atoms with Gasteiger partial charge in [-0.3, -0.25) is 0 Å². The van der Waals surface area contributed by atoms with Crippen molar-refractivity contribution >= 4 is 5.69 Å². The fraction of sp³-hybridized carbons (Fsp3) is 0.417. The van der Waals surface area contributed by atoms with Crippen molar-refractivity contribution in [2.75, 3.05) is 11.9 Å². The number of fused-ring (bicyclic) bond motifs is 1. The molecule has 0 amide bonds. The Labute approximate surface area is 88.7 Å². The molecule has 1 aromatic carbocycles. The maximum Gasteiger partial charge on any atom is 0.123 e. The van der Waals surface area contributed by atoms with Crippen molar-refractivity contribution in [2.24, 2.45) is 0 Å². The Kier molecular flexibility index (Phi) is 2.86. The lowest BCUT2D eigenvalue weighted by atomic mass is 9.91. The number of halogens is 1. The normalized spacial score (nSPS) is 19.6. The van der Waals surface area contributed by atoms with Crippen LogP contribution in [0.5, 0.6) is 0 Å². The molecule has 15 heavy (non-hydrogen) atoms. The zero-order valence-electron chi connectivity index (χ0n) is 8.46. The summed E-state index contributed by atoms with van der Waals surface area (Å²) in [5.41, 5.74) is 1.93. The van der Waals surface area contributed by atoms with Gasteiger partial charge in [-0.1, -0.05) is 0 Å². The Morgan fingerprint density at radius 3 is 3.20 bits per heavy atom. The van der Waals surface area contributed by atoms with Crippen molar-refractivity contribution in [2.45, 2.75) is 25.2 Å². The molecule has 0 aromatic heterocycles. The van der Waals surface area contributed by atoms with Gasteiger partial charge in [0.25, 0.3) is 0 Å². The summed E-state index contributed by atoms with van der Waals surface area (Å²) in [5.74, 6) is -0.0453. The molecule has 0 bridgehead atoms. The molecule has 1 aliphatic heterocycles. The molecule has 1 aromatic rings. The number of nitrogens with one attached hydrogen (secondary N) is 1. The monoisotopic (exact) mass is 204 g/mol. The molecule has 0 radical (unpaired) electrons. The van der Waals surface area contributed by atoms with Crippen LogP contribution < -0.4 is 5.32 Å². The summed E-state index contributed by atoms with van der Waals surface area (Å²) in [6, 6.07) is 6.95. The molecule has 78 valence electrons. The van der Waals surface area contributed by atoms with Gasteiger partial charge in [-0.25, -0.2) is 4.39 Å². The first kappa shape index (κ1) is 9.97. The van der Waals surface area contributed by atoms with E-state index in [2.05, 4.69) is 11.4 Å². The van der Waals surface area contributed by atoms with Crippen LogP contribution in [0.1, 0.15) is 30.7 Å².